The minimum absolute atomic E-state index is 0.148. The van der Waals surface area contributed by atoms with Gasteiger partial charge in [-0.15, -0.1) is 0 Å². The van der Waals surface area contributed by atoms with Crippen molar-refractivity contribution in [2.75, 3.05) is 13.1 Å². The molecule has 0 bridgehead atoms. The second-order valence-corrected chi connectivity index (χ2v) is 17.6. The normalized spacial score (nSPS) is 14.9. The first-order chi connectivity index (χ1) is 32.5. The van der Waals surface area contributed by atoms with Gasteiger partial charge >= 0.3 is 0 Å². The summed E-state index contributed by atoms with van der Waals surface area (Å²) in [7, 11) is 0. The molecular weight excluding hydrogens is 807 g/mol. The molecule has 1 unspecified atom stereocenters. The highest BCUT2D eigenvalue weighted by molar-refractivity contribution is 6.12. The van der Waals surface area contributed by atoms with Gasteiger partial charge in [0.2, 0.25) is 0 Å². The number of hydrogen-bond donors (Lipinski definition) is 1. The Hall–Kier alpha value is -7.86. The number of allylic oxidation sites excluding steroid dienone is 3. The summed E-state index contributed by atoms with van der Waals surface area (Å²) in [4.78, 5) is 2.60. The van der Waals surface area contributed by atoms with E-state index in [0.717, 1.165) is 92.3 Å². The SMILES string of the molecule is C=C/C=C(\CC)c1ccccc1CCN1CC(C)=C(c2ccc3c(c2)oc2ccccc23)NC1c1cccc2oc3ccc(-c4ccc5c(c4)c4ccccc4n5-c4ccccc4)cc3c12. The highest BCUT2D eigenvalue weighted by Crippen LogP contribution is 2.42. The quantitative estimate of drug-likeness (QED) is 0.139. The molecule has 1 aliphatic rings. The average Bonchev–Trinajstić information content (AvgIpc) is 4.04. The molecule has 1 aliphatic heterocycles. The fourth-order valence-corrected chi connectivity index (χ4v) is 10.6. The largest absolute Gasteiger partial charge is 0.456 e. The number of fused-ring (bicyclic) bond motifs is 9. The van der Waals surface area contributed by atoms with E-state index in [-0.39, 0.29) is 6.17 Å². The van der Waals surface area contributed by atoms with E-state index in [2.05, 4.69) is 205 Å². The van der Waals surface area contributed by atoms with Crippen LogP contribution in [0.25, 0.3) is 93.8 Å². The van der Waals surface area contributed by atoms with Crippen molar-refractivity contribution in [2.45, 2.75) is 32.9 Å². The monoisotopic (exact) mass is 855 g/mol. The fourth-order valence-electron chi connectivity index (χ4n) is 10.6. The molecule has 0 radical (unpaired) electrons. The molecule has 0 fully saturated rings. The Morgan fingerprint density at radius 1 is 0.621 bits per heavy atom. The van der Waals surface area contributed by atoms with E-state index in [1.165, 1.54) is 55.2 Å². The number of para-hydroxylation sites is 3. The number of furan rings is 2. The first kappa shape index (κ1) is 39.7. The Morgan fingerprint density at radius 3 is 2.17 bits per heavy atom. The maximum absolute atomic E-state index is 6.72. The second kappa shape index (κ2) is 16.3. The molecule has 0 aliphatic carbocycles. The molecule has 3 aromatic heterocycles. The minimum Gasteiger partial charge on any atom is -0.456 e. The van der Waals surface area contributed by atoms with Gasteiger partial charge in [0.1, 0.15) is 28.5 Å². The van der Waals surface area contributed by atoms with Gasteiger partial charge in [0.05, 0.1) is 11.0 Å². The second-order valence-electron chi connectivity index (χ2n) is 17.6. The number of nitrogens with one attached hydrogen (secondary N) is 1. The molecule has 0 saturated carbocycles. The van der Waals surface area contributed by atoms with Gasteiger partial charge in [-0.05, 0) is 120 Å². The zero-order chi connectivity index (χ0) is 44.3. The van der Waals surface area contributed by atoms with Crippen molar-refractivity contribution < 1.29 is 8.83 Å². The molecule has 8 aromatic carbocycles. The third-order valence-corrected chi connectivity index (χ3v) is 13.8. The van der Waals surface area contributed by atoms with Crippen molar-refractivity contribution in [3.63, 3.8) is 0 Å². The summed E-state index contributed by atoms with van der Waals surface area (Å²) in [6.45, 7) is 10.1. The van der Waals surface area contributed by atoms with Gasteiger partial charge in [-0.25, -0.2) is 0 Å². The molecule has 66 heavy (non-hydrogen) atoms. The molecule has 5 nitrogen and oxygen atoms in total. The minimum atomic E-state index is -0.148. The number of hydrogen-bond acceptors (Lipinski definition) is 4. The lowest BCUT2D eigenvalue weighted by Crippen LogP contribution is -2.44. The van der Waals surface area contributed by atoms with Crippen molar-refractivity contribution in [1.29, 1.82) is 0 Å². The first-order valence-electron chi connectivity index (χ1n) is 23.1. The highest BCUT2D eigenvalue weighted by Gasteiger charge is 2.31. The van der Waals surface area contributed by atoms with E-state index >= 15 is 0 Å². The predicted octanol–water partition coefficient (Wildman–Crippen LogP) is 15.8. The topological polar surface area (TPSA) is 46.5 Å². The van der Waals surface area contributed by atoms with Crippen LogP contribution < -0.4 is 5.32 Å². The van der Waals surface area contributed by atoms with E-state index < -0.39 is 0 Å². The molecule has 11 aromatic rings. The van der Waals surface area contributed by atoms with Crippen LogP contribution in [0.1, 0.15) is 48.7 Å². The molecule has 1 N–H and O–H groups in total. The summed E-state index contributed by atoms with van der Waals surface area (Å²) in [5.41, 5.74) is 18.1. The smallest absolute Gasteiger partial charge is 0.136 e. The Kier molecular flexibility index (Phi) is 9.80. The van der Waals surface area contributed by atoms with E-state index in [1.807, 2.05) is 18.2 Å². The number of rotatable bonds is 10. The maximum Gasteiger partial charge on any atom is 0.136 e. The van der Waals surface area contributed by atoms with E-state index in [4.69, 9.17) is 8.83 Å². The zero-order valence-corrected chi connectivity index (χ0v) is 37.2. The molecule has 1 atom stereocenters. The molecule has 4 heterocycles. The Bertz CT molecular complexity index is 3750. The predicted molar refractivity (Wildman–Crippen MR) is 276 cm³/mol. The summed E-state index contributed by atoms with van der Waals surface area (Å²) in [5, 5.41) is 11.1. The molecule has 0 amide bonds. The van der Waals surface area contributed by atoms with Gasteiger partial charge < -0.3 is 18.7 Å². The van der Waals surface area contributed by atoms with Crippen molar-refractivity contribution in [3.05, 3.63) is 222 Å². The maximum atomic E-state index is 6.72. The van der Waals surface area contributed by atoms with Crippen LogP contribution in [0, 0.1) is 0 Å². The standard InChI is InChI=1S/C61H49N3O2/c1-4-16-40(5-2)46-20-10-9-17-41(46)33-34-63-38-39(3)60(44-27-30-49-48-22-12-14-25-55(48)66-58(49)37-44)62-61(63)50-23-15-26-57-59(50)52-36-43(29-32-56(52)65-57)42-28-31-54-51(35-42)47-21-11-13-24-53(47)64(54)45-18-7-6-8-19-45/h4,6-32,35-37,61-62H,1,5,33-34,38H2,2-3H3/b40-16+. The van der Waals surface area contributed by atoms with Crippen LogP contribution in [0.5, 0.6) is 0 Å². The van der Waals surface area contributed by atoms with Crippen molar-refractivity contribution in [1.82, 2.24) is 14.8 Å². The van der Waals surface area contributed by atoms with Gasteiger partial charge in [-0.2, -0.15) is 0 Å². The van der Waals surface area contributed by atoms with Gasteiger partial charge in [-0.1, -0.05) is 135 Å². The summed E-state index contributed by atoms with van der Waals surface area (Å²) < 4.78 is 15.5. The van der Waals surface area contributed by atoms with E-state index in [1.54, 1.807) is 0 Å². The van der Waals surface area contributed by atoms with Gasteiger partial charge in [0.25, 0.3) is 0 Å². The Morgan fingerprint density at radius 2 is 1.30 bits per heavy atom. The van der Waals surface area contributed by atoms with E-state index in [9.17, 15) is 0 Å². The third kappa shape index (κ3) is 6.66. The Labute approximate surface area is 384 Å². The van der Waals surface area contributed by atoms with Crippen LogP contribution in [0.15, 0.2) is 209 Å². The van der Waals surface area contributed by atoms with Gasteiger partial charge in [-0.3, -0.25) is 4.90 Å². The lowest BCUT2D eigenvalue weighted by Gasteiger charge is -2.40. The van der Waals surface area contributed by atoms with Crippen LogP contribution in [-0.4, -0.2) is 22.6 Å². The lowest BCUT2D eigenvalue weighted by molar-refractivity contribution is 0.190. The zero-order valence-electron chi connectivity index (χ0n) is 37.2. The summed E-state index contributed by atoms with van der Waals surface area (Å²) in [6, 6.07) is 63.3. The van der Waals surface area contributed by atoms with Crippen LogP contribution >= 0.6 is 0 Å². The third-order valence-electron chi connectivity index (χ3n) is 13.8. The number of aromatic nitrogens is 1. The van der Waals surface area contributed by atoms with Crippen LogP contribution in [0.4, 0.5) is 0 Å². The fraction of sp³-hybridized carbons (Fsp3) is 0.115. The first-order valence-corrected chi connectivity index (χ1v) is 23.1. The van der Waals surface area contributed by atoms with Crippen LogP contribution in [-0.2, 0) is 6.42 Å². The van der Waals surface area contributed by atoms with Gasteiger partial charge in [0, 0.05) is 67.9 Å². The van der Waals surface area contributed by atoms with Crippen molar-refractivity contribution >= 4 is 77.0 Å². The van der Waals surface area contributed by atoms with Crippen molar-refractivity contribution in [2.24, 2.45) is 0 Å². The Balaban J connectivity index is 0.978. The van der Waals surface area contributed by atoms with Crippen LogP contribution in [0.2, 0.25) is 0 Å². The summed E-state index contributed by atoms with van der Waals surface area (Å²) in [5.74, 6) is 0. The molecular formula is C61H49N3O2. The summed E-state index contributed by atoms with van der Waals surface area (Å²) in [6.07, 6.45) is 5.75. The molecule has 0 saturated heterocycles. The average molecular weight is 856 g/mol. The molecule has 12 rings (SSSR count). The van der Waals surface area contributed by atoms with E-state index in [0.29, 0.717) is 0 Å². The number of nitrogens with zero attached hydrogens (tertiary/aromatic N) is 2. The molecule has 0 spiro atoms. The molecule has 5 heteroatoms. The molecule has 320 valence electrons. The number of benzene rings is 8. The van der Waals surface area contributed by atoms with Crippen LogP contribution in [0.3, 0.4) is 0 Å². The van der Waals surface area contributed by atoms with Crippen molar-refractivity contribution in [3.8, 4) is 16.8 Å². The highest BCUT2D eigenvalue weighted by atomic mass is 16.3. The van der Waals surface area contributed by atoms with Gasteiger partial charge in [0.15, 0.2) is 0 Å². The summed E-state index contributed by atoms with van der Waals surface area (Å²) >= 11 is 0. The lowest BCUT2D eigenvalue weighted by atomic mass is 9.94.